The number of nitrogens with one attached hydrogen (secondary N) is 1. The summed E-state index contributed by atoms with van der Waals surface area (Å²) in [6.07, 6.45) is 4.14. The van der Waals surface area contributed by atoms with E-state index >= 15 is 0 Å². The lowest BCUT2D eigenvalue weighted by Crippen LogP contribution is -2.27. The van der Waals surface area contributed by atoms with E-state index in [0.29, 0.717) is 37.0 Å². The van der Waals surface area contributed by atoms with Crippen LogP contribution in [0.1, 0.15) is 63.7 Å². The normalized spacial score (nSPS) is 10.7. The van der Waals surface area contributed by atoms with E-state index in [1.807, 2.05) is 6.07 Å². The summed E-state index contributed by atoms with van der Waals surface area (Å²) < 4.78 is 11.6. The molecule has 1 aromatic rings. The van der Waals surface area contributed by atoms with Crippen molar-refractivity contribution in [2.24, 2.45) is 5.92 Å². The number of rotatable bonds is 11. The zero-order valence-corrected chi connectivity index (χ0v) is 15.0. The Morgan fingerprint density at radius 2 is 1.65 bits per heavy atom. The second-order valence-corrected chi connectivity index (χ2v) is 6.17. The molecule has 4 nitrogen and oxygen atoms in total. The number of carbonyl (C=O) groups is 1. The highest BCUT2D eigenvalue weighted by molar-refractivity contribution is 5.94. The van der Waals surface area contributed by atoms with Gasteiger partial charge in [-0.25, -0.2) is 0 Å². The maximum absolute atomic E-state index is 12.2. The Bertz CT molecular complexity index is 472. The van der Waals surface area contributed by atoms with Crippen LogP contribution in [0.15, 0.2) is 18.2 Å². The third-order valence-electron chi connectivity index (χ3n) is 3.39. The number of carbonyl (C=O) groups excluding carboxylic acids is 1. The molecule has 1 N–H and O–H groups in total. The minimum absolute atomic E-state index is 0.0702. The lowest BCUT2D eigenvalue weighted by Gasteiger charge is -2.14. The molecular weight excluding hydrogens is 290 g/mol. The summed E-state index contributed by atoms with van der Waals surface area (Å²) in [7, 11) is 0. The van der Waals surface area contributed by atoms with Gasteiger partial charge in [-0.05, 0) is 37.0 Å². The van der Waals surface area contributed by atoms with Crippen LogP contribution in [0.2, 0.25) is 0 Å². The van der Waals surface area contributed by atoms with Gasteiger partial charge in [-0.2, -0.15) is 0 Å². The first kappa shape index (κ1) is 19.3. The van der Waals surface area contributed by atoms with E-state index in [1.165, 1.54) is 0 Å². The van der Waals surface area contributed by atoms with Gasteiger partial charge < -0.3 is 14.8 Å². The summed E-state index contributed by atoms with van der Waals surface area (Å²) in [6.45, 7) is 10.4. The van der Waals surface area contributed by atoms with Crippen LogP contribution < -0.4 is 14.8 Å². The summed E-state index contributed by atoms with van der Waals surface area (Å²) in [6, 6.07) is 5.41. The van der Waals surface area contributed by atoms with E-state index in [2.05, 4.69) is 33.0 Å². The first-order chi connectivity index (χ1) is 11.1. The van der Waals surface area contributed by atoms with Crippen molar-refractivity contribution in [1.82, 2.24) is 5.32 Å². The fourth-order valence-electron chi connectivity index (χ4n) is 1.93. The van der Waals surface area contributed by atoms with Gasteiger partial charge in [-0.3, -0.25) is 4.79 Å². The van der Waals surface area contributed by atoms with Crippen LogP contribution in [0.4, 0.5) is 0 Å². The second-order valence-electron chi connectivity index (χ2n) is 6.17. The summed E-state index contributed by atoms with van der Waals surface area (Å²) in [4.78, 5) is 12.2. The predicted octanol–water partition coefficient (Wildman–Crippen LogP) is 4.43. The van der Waals surface area contributed by atoms with Crippen LogP contribution in [0.5, 0.6) is 11.5 Å². The average Bonchev–Trinajstić information content (AvgIpc) is 2.54. The van der Waals surface area contributed by atoms with E-state index in [1.54, 1.807) is 12.1 Å². The standard InChI is InChI=1S/C19H31NO3/c1-5-7-11-22-17-10-9-16(19(21)20-14-15(3)4)13-18(17)23-12-8-6-2/h9-10,13,15H,5-8,11-12,14H2,1-4H3,(H,20,21). The largest absolute Gasteiger partial charge is 0.490 e. The molecule has 0 radical (unpaired) electrons. The van der Waals surface area contributed by atoms with Crippen molar-refractivity contribution in [3.63, 3.8) is 0 Å². The summed E-state index contributed by atoms with van der Waals surface area (Å²) in [5, 5.41) is 2.93. The topological polar surface area (TPSA) is 47.6 Å². The van der Waals surface area contributed by atoms with Gasteiger partial charge in [0.2, 0.25) is 0 Å². The van der Waals surface area contributed by atoms with Crippen LogP contribution in [0.25, 0.3) is 0 Å². The molecule has 0 aliphatic rings. The predicted molar refractivity (Wildman–Crippen MR) is 94.4 cm³/mol. The van der Waals surface area contributed by atoms with Crippen molar-refractivity contribution in [3.05, 3.63) is 23.8 Å². The van der Waals surface area contributed by atoms with E-state index in [0.717, 1.165) is 31.4 Å². The molecule has 0 aliphatic heterocycles. The lowest BCUT2D eigenvalue weighted by atomic mass is 10.1. The Kier molecular flexibility index (Phi) is 9.18. The Balaban J connectivity index is 2.80. The third-order valence-corrected chi connectivity index (χ3v) is 3.39. The lowest BCUT2D eigenvalue weighted by molar-refractivity contribution is 0.0948. The zero-order valence-electron chi connectivity index (χ0n) is 15.0. The van der Waals surface area contributed by atoms with Gasteiger partial charge in [0.05, 0.1) is 13.2 Å². The fourth-order valence-corrected chi connectivity index (χ4v) is 1.93. The summed E-state index contributed by atoms with van der Waals surface area (Å²) >= 11 is 0. The smallest absolute Gasteiger partial charge is 0.251 e. The summed E-state index contributed by atoms with van der Waals surface area (Å²) in [5.41, 5.74) is 0.611. The maximum atomic E-state index is 12.2. The van der Waals surface area contributed by atoms with Gasteiger partial charge in [-0.15, -0.1) is 0 Å². The van der Waals surface area contributed by atoms with Crippen LogP contribution in [-0.2, 0) is 0 Å². The van der Waals surface area contributed by atoms with Gasteiger partial charge in [0.25, 0.3) is 5.91 Å². The van der Waals surface area contributed by atoms with Gasteiger partial charge >= 0.3 is 0 Å². The number of unbranched alkanes of at least 4 members (excludes halogenated alkanes) is 2. The Hall–Kier alpha value is -1.71. The monoisotopic (exact) mass is 321 g/mol. The van der Waals surface area contributed by atoms with Crippen molar-refractivity contribution >= 4 is 5.91 Å². The van der Waals surface area contributed by atoms with Gasteiger partial charge in [0.15, 0.2) is 11.5 Å². The van der Waals surface area contributed by atoms with Crippen LogP contribution in [0, 0.1) is 5.92 Å². The summed E-state index contributed by atoms with van der Waals surface area (Å²) in [5.74, 6) is 1.73. The fraction of sp³-hybridized carbons (Fsp3) is 0.632. The first-order valence-electron chi connectivity index (χ1n) is 8.76. The van der Waals surface area contributed by atoms with Crippen molar-refractivity contribution < 1.29 is 14.3 Å². The van der Waals surface area contributed by atoms with Crippen molar-refractivity contribution in [2.75, 3.05) is 19.8 Å². The van der Waals surface area contributed by atoms with Crippen LogP contribution in [-0.4, -0.2) is 25.7 Å². The van der Waals surface area contributed by atoms with Crippen LogP contribution >= 0.6 is 0 Å². The number of ether oxygens (including phenoxy) is 2. The molecule has 130 valence electrons. The molecule has 0 unspecified atom stereocenters. The van der Waals surface area contributed by atoms with E-state index in [-0.39, 0.29) is 5.91 Å². The molecule has 0 spiro atoms. The van der Waals surface area contributed by atoms with Gasteiger partial charge in [0.1, 0.15) is 0 Å². The van der Waals surface area contributed by atoms with Crippen molar-refractivity contribution in [3.8, 4) is 11.5 Å². The molecule has 0 aromatic heterocycles. The average molecular weight is 321 g/mol. The third kappa shape index (κ3) is 7.40. The van der Waals surface area contributed by atoms with E-state index in [9.17, 15) is 4.79 Å². The van der Waals surface area contributed by atoms with Crippen molar-refractivity contribution in [2.45, 2.75) is 53.4 Å². The second kappa shape index (κ2) is 10.9. The molecule has 0 atom stereocenters. The highest BCUT2D eigenvalue weighted by atomic mass is 16.5. The minimum atomic E-state index is -0.0702. The Morgan fingerprint density at radius 3 is 2.22 bits per heavy atom. The molecule has 0 fully saturated rings. The van der Waals surface area contributed by atoms with Crippen molar-refractivity contribution in [1.29, 1.82) is 0 Å². The quantitative estimate of drug-likeness (QED) is 0.613. The van der Waals surface area contributed by atoms with E-state index in [4.69, 9.17) is 9.47 Å². The minimum Gasteiger partial charge on any atom is -0.490 e. The first-order valence-corrected chi connectivity index (χ1v) is 8.76. The van der Waals surface area contributed by atoms with Gasteiger partial charge in [0, 0.05) is 12.1 Å². The molecule has 1 aromatic carbocycles. The maximum Gasteiger partial charge on any atom is 0.251 e. The molecule has 0 saturated heterocycles. The molecule has 1 amide bonds. The molecular formula is C19H31NO3. The molecule has 23 heavy (non-hydrogen) atoms. The van der Waals surface area contributed by atoms with Crippen LogP contribution in [0.3, 0.4) is 0 Å². The highest BCUT2D eigenvalue weighted by Gasteiger charge is 2.12. The molecule has 1 rings (SSSR count). The SMILES string of the molecule is CCCCOc1ccc(C(=O)NCC(C)C)cc1OCCCC. The molecule has 4 heteroatoms. The number of benzene rings is 1. The zero-order chi connectivity index (χ0) is 17.1. The number of hydrogen-bond donors (Lipinski definition) is 1. The van der Waals surface area contributed by atoms with E-state index < -0.39 is 0 Å². The molecule has 0 bridgehead atoms. The molecule has 0 saturated carbocycles. The Labute approximate surface area is 140 Å². The van der Waals surface area contributed by atoms with Gasteiger partial charge in [-0.1, -0.05) is 40.5 Å². The highest BCUT2D eigenvalue weighted by Crippen LogP contribution is 2.29. The Morgan fingerprint density at radius 1 is 1.04 bits per heavy atom. The number of amides is 1. The molecule has 0 aliphatic carbocycles. The number of hydrogen-bond acceptors (Lipinski definition) is 3. The molecule has 0 heterocycles.